The molecule has 7 nitrogen and oxygen atoms in total. The zero-order valence-electron chi connectivity index (χ0n) is 17.9. The average molecular weight is 437 g/mol. The summed E-state index contributed by atoms with van der Waals surface area (Å²) in [6, 6.07) is 4.62. The Bertz CT molecular complexity index is 878. The number of nitrogens with zero attached hydrogens (tertiary/aromatic N) is 1. The van der Waals surface area contributed by atoms with Gasteiger partial charge in [-0.3, -0.25) is 4.79 Å². The lowest BCUT2D eigenvalue weighted by Crippen LogP contribution is -2.42. The molecule has 2 fully saturated rings. The monoisotopic (exact) mass is 436 g/mol. The number of aryl methyl sites for hydroxylation is 1. The van der Waals surface area contributed by atoms with Gasteiger partial charge in [-0.25, -0.2) is 13.2 Å². The van der Waals surface area contributed by atoms with E-state index in [0.717, 1.165) is 38.5 Å². The quantitative estimate of drug-likeness (QED) is 0.692. The number of hydrogen-bond acceptors (Lipinski definition) is 5. The van der Waals surface area contributed by atoms with Crippen LogP contribution in [0.5, 0.6) is 0 Å². The second kappa shape index (κ2) is 9.92. The number of nitrogens with one attached hydrogen (secondary N) is 1. The first kappa shape index (κ1) is 22.7. The van der Waals surface area contributed by atoms with Crippen molar-refractivity contribution in [1.82, 2.24) is 9.62 Å². The summed E-state index contributed by atoms with van der Waals surface area (Å²) < 4.78 is 32.7. The molecule has 1 heterocycles. The van der Waals surface area contributed by atoms with Crippen molar-refractivity contribution in [2.45, 2.75) is 69.7 Å². The molecule has 1 aliphatic carbocycles. The van der Waals surface area contributed by atoms with Crippen molar-refractivity contribution >= 4 is 21.9 Å². The van der Waals surface area contributed by atoms with E-state index in [-0.39, 0.29) is 29.0 Å². The molecule has 2 aliphatic rings. The highest BCUT2D eigenvalue weighted by Gasteiger charge is 2.28. The van der Waals surface area contributed by atoms with E-state index in [0.29, 0.717) is 24.6 Å². The average Bonchev–Trinajstić information content (AvgIpc) is 2.74. The highest BCUT2D eigenvalue weighted by Crippen LogP contribution is 2.25. The van der Waals surface area contributed by atoms with Crippen LogP contribution in [0, 0.1) is 12.8 Å². The number of carbonyl (C=O) groups is 2. The van der Waals surface area contributed by atoms with Crippen molar-refractivity contribution in [2.24, 2.45) is 5.92 Å². The number of esters is 1. The smallest absolute Gasteiger partial charge is 0.338 e. The van der Waals surface area contributed by atoms with Gasteiger partial charge in [0.15, 0.2) is 6.61 Å². The summed E-state index contributed by atoms with van der Waals surface area (Å²) in [5, 5.41) is 2.94. The standard InChI is InChI=1S/C22H32N2O5S/c1-16-8-4-5-9-19(16)23-21(25)15-29-22(26)18-11-10-17(2)20(14-18)30(27,28)24-12-6-3-7-13-24/h10-11,14,16,19H,3-9,12-13,15H2,1-2H3,(H,23,25)/t16-,19+/m0/s1. The van der Waals surface area contributed by atoms with Crippen molar-refractivity contribution in [3.63, 3.8) is 0 Å². The fourth-order valence-electron chi connectivity index (χ4n) is 4.24. The van der Waals surface area contributed by atoms with Crippen LogP contribution in [0.3, 0.4) is 0 Å². The van der Waals surface area contributed by atoms with Crippen LogP contribution in [0.2, 0.25) is 0 Å². The Kier molecular flexibility index (Phi) is 7.52. The highest BCUT2D eigenvalue weighted by molar-refractivity contribution is 7.89. The normalized spacial score (nSPS) is 23.0. The van der Waals surface area contributed by atoms with Crippen LogP contribution in [-0.2, 0) is 19.6 Å². The van der Waals surface area contributed by atoms with Crippen LogP contribution in [0.1, 0.15) is 67.8 Å². The molecule has 30 heavy (non-hydrogen) atoms. The van der Waals surface area contributed by atoms with E-state index in [4.69, 9.17) is 4.74 Å². The third-order valence-corrected chi connectivity index (χ3v) is 8.19. The predicted octanol–water partition coefficient (Wildman–Crippen LogP) is 3.02. The molecule has 0 bridgehead atoms. The van der Waals surface area contributed by atoms with Crippen molar-refractivity contribution < 1.29 is 22.7 Å². The summed E-state index contributed by atoms with van der Waals surface area (Å²) in [7, 11) is -3.66. The van der Waals surface area contributed by atoms with Gasteiger partial charge in [0.05, 0.1) is 10.5 Å². The Balaban J connectivity index is 1.63. The second-order valence-corrected chi connectivity index (χ2v) is 10.4. The summed E-state index contributed by atoms with van der Waals surface area (Å²) >= 11 is 0. The summed E-state index contributed by atoms with van der Waals surface area (Å²) in [5.74, 6) is -0.606. The van der Waals surface area contributed by atoms with Gasteiger partial charge in [-0.2, -0.15) is 4.31 Å². The molecule has 1 aromatic carbocycles. The van der Waals surface area contributed by atoms with Crippen LogP contribution in [0.25, 0.3) is 0 Å². The molecule has 0 unspecified atom stereocenters. The molecular formula is C22H32N2O5S. The van der Waals surface area contributed by atoms with Crippen LogP contribution in [-0.4, -0.2) is 50.3 Å². The third-order valence-electron chi connectivity index (χ3n) is 6.15. The van der Waals surface area contributed by atoms with Gasteiger partial charge in [-0.1, -0.05) is 32.3 Å². The van der Waals surface area contributed by atoms with Crippen LogP contribution < -0.4 is 5.32 Å². The molecular weight excluding hydrogens is 404 g/mol. The number of benzene rings is 1. The highest BCUT2D eigenvalue weighted by atomic mass is 32.2. The van der Waals surface area contributed by atoms with Crippen LogP contribution in [0.4, 0.5) is 0 Å². The molecule has 1 aromatic rings. The van der Waals surface area contributed by atoms with E-state index in [1.54, 1.807) is 13.0 Å². The van der Waals surface area contributed by atoms with Gasteiger partial charge in [0, 0.05) is 19.1 Å². The van der Waals surface area contributed by atoms with E-state index in [2.05, 4.69) is 12.2 Å². The lowest BCUT2D eigenvalue weighted by atomic mass is 9.86. The van der Waals surface area contributed by atoms with Gasteiger partial charge < -0.3 is 10.1 Å². The second-order valence-electron chi connectivity index (χ2n) is 8.46. The molecule has 1 saturated heterocycles. The largest absolute Gasteiger partial charge is 0.452 e. The molecule has 1 amide bonds. The predicted molar refractivity (Wildman–Crippen MR) is 114 cm³/mol. The lowest BCUT2D eigenvalue weighted by molar-refractivity contribution is -0.125. The number of amides is 1. The summed E-state index contributed by atoms with van der Waals surface area (Å²) in [6.45, 7) is 4.45. The van der Waals surface area contributed by atoms with E-state index in [9.17, 15) is 18.0 Å². The maximum absolute atomic E-state index is 13.0. The van der Waals surface area contributed by atoms with Gasteiger partial charge in [0.2, 0.25) is 10.0 Å². The molecule has 166 valence electrons. The minimum atomic E-state index is -3.66. The topological polar surface area (TPSA) is 92.8 Å². The maximum Gasteiger partial charge on any atom is 0.338 e. The minimum Gasteiger partial charge on any atom is -0.452 e. The van der Waals surface area contributed by atoms with Crippen molar-refractivity contribution in [2.75, 3.05) is 19.7 Å². The number of hydrogen-bond donors (Lipinski definition) is 1. The molecule has 8 heteroatoms. The zero-order valence-corrected chi connectivity index (χ0v) is 18.7. The Morgan fingerprint density at radius 2 is 1.80 bits per heavy atom. The number of piperidine rings is 1. The van der Waals surface area contributed by atoms with Crippen LogP contribution in [0.15, 0.2) is 23.1 Å². The number of sulfonamides is 1. The van der Waals surface area contributed by atoms with E-state index in [1.165, 1.54) is 22.9 Å². The molecule has 1 N–H and O–H groups in total. The van der Waals surface area contributed by atoms with E-state index in [1.807, 2.05) is 0 Å². The Morgan fingerprint density at radius 1 is 1.10 bits per heavy atom. The maximum atomic E-state index is 13.0. The Labute approximate surface area is 179 Å². The first-order valence-electron chi connectivity index (χ1n) is 10.9. The third kappa shape index (κ3) is 5.40. The van der Waals surface area contributed by atoms with Crippen molar-refractivity contribution in [3.05, 3.63) is 29.3 Å². The number of rotatable bonds is 6. The Morgan fingerprint density at radius 3 is 2.50 bits per heavy atom. The van der Waals surface area contributed by atoms with Crippen molar-refractivity contribution in [3.8, 4) is 0 Å². The van der Waals surface area contributed by atoms with Gasteiger partial charge in [0.25, 0.3) is 5.91 Å². The van der Waals surface area contributed by atoms with Crippen LogP contribution >= 0.6 is 0 Å². The summed E-state index contributed by atoms with van der Waals surface area (Å²) in [5.41, 5.74) is 0.719. The molecule has 2 atom stereocenters. The van der Waals surface area contributed by atoms with Crippen molar-refractivity contribution in [1.29, 1.82) is 0 Å². The molecule has 1 saturated carbocycles. The molecule has 3 rings (SSSR count). The first-order chi connectivity index (χ1) is 14.3. The van der Waals surface area contributed by atoms with Gasteiger partial charge in [-0.05, 0) is 56.2 Å². The summed E-state index contributed by atoms with van der Waals surface area (Å²) in [4.78, 5) is 24.8. The molecule has 0 radical (unpaired) electrons. The van der Waals surface area contributed by atoms with E-state index < -0.39 is 16.0 Å². The molecule has 0 spiro atoms. The first-order valence-corrected chi connectivity index (χ1v) is 12.3. The fourth-order valence-corrected chi connectivity index (χ4v) is 6.01. The fraction of sp³-hybridized carbons (Fsp3) is 0.636. The Hall–Kier alpha value is -1.93. The van der Waals surface area contributed by atoms with Gasteiger partial charge in [0.1, 0.15) is 0 Å². The van der Waals surface area contributed by atoms with E-state index >= 15 is 0 Å². The van der Waals surface area contributed by atoms with Gasteiger partial charge in [-0.15, -0.1) is 0 Å². The number of carbonyl (C=O) groups excluding carboxylic acids is 2. The summed E-state index contributed by atoms with van der Waals surface area (Å²) in [6.07, 6.45) is 7.01. The lowest BCUT2D eigenvalue weighted by Gasteiger charge is -2.29. The van der Waals surface area contributed by atoms with Gasteiger partial charge >= 0.3 is 5.97 Å². The SMILES string of the molecule is Cc1ccc(C(=O)OCC(=O)N[C@@H]2CCCC[C@@H]2C)cc1S(=O)(=O)N1CCCCC1. The minimum absolute atomic E-state index is 0.116. The molecule has 0 aromatic heterocycles. The number of ether oxygens (including phenoxy) is 1. The zero-order chi connectivity index (χ0) is 21.7. The molecule has 1 aliphatic heterocycles.